The van der Waals surface area contributed by atoms with Crippen molar-refractivity contribution in [3.63, 3.8) is 0 Å². The summed E-state index contributed by atoms with van der Waals surface area (Å²) in [5, 5.41) is 8.70. The maximum absolute atomic E-state index is 9.97. The lowest BCUT2D eigenvalue weighted by Crippen LogP contribution is -2.07. The monoisotopic (exact) mass is 240 g/mol. The van der Waals surface area contributed by atoms with Crippen LogP contribution in [0, 0.1) is 6.92 Å². The van der Waals surface area contributed by atoms with Crippen molar-refractivity contribution in [2.45, 2.75) is 19.9 Å². The molecule has 1 aromatic rings. The molecule has 1 rings (SSSR count). The van der Waals surface area contributed by atoms with E-state index < -0.39 is 0 Å². The van der Waals surface area contributed by atoms with Crippen molar-refractivity contribution in [1.82, 2.24) is 0 Å². The Hall–Kier alpha value is -1.42. The molecule has 0 saturated heterocycles. The Bertz CT molecular complexity index is 394. The van der Waals surface area contributed by atoms with Gasteiger partial charge in [-0.25, -0.2) is 0 Å². The van der Waals surface area contributed by atoms with Crippen LogP contribution in [0.25, 0.3) is 0 Å². The molecule has 0 spiro atoms. The highest BCUT2D eigenvalue weighted by atomic mass is 35.5. The lowest BCUT2D eigenvalue weighted by atomic mass is 10.2. The highest BCUT2D eigenvalue weighted by Crippen LogP contribution is 2.23. The molecule has 0 fully saturated rings. The van der Waals surface area contributed by atoms with E-state index in [2.05, 4.69) is 15.0 Å². The fraction of sp³-hybridized carbons (Fsp3) is 0.364. The summed E-state index contributed by atoms with van der Waals surface area (Å²) in [6.07, 6.45) is 0. The smallest absolute Gasteiger partial charge is 0.293 e. The maximum atomic E-state index is 9.97. The summed E-state index contributed by atoms with van der Waals surface area (Å²) in [5.41, 5.74) is 1.72. The zero-order valence-electron chi connectivity index (χ0n) is 9.18. The Balaban J connectivity index is 2.67. The van der Waals surface area contributed by atoms with E-state index in [4.69, 9.17) is 11.6 Å². The molecule has 0 bridgehead atoms. The first-order valence-electron chi connectivity index (χ1n) is 4.85. The molecular formula is C11H13ClN2O2. The molecule has 0 saturated carbocycles. The summed E-state index contributed by atoms with van der Waals surface area (Å²) in [7, 11) is 0. The van der Waals surface area contributed by atoms with E-state index in [1.165, 1.54) is 0 Å². The SMILES string of the molecule is Cc1ccc(Cl)cc1/N=N/C(C)COC=O. The molecule has 0 heterocycles. The standard InChI is InChI=1S/C11H13ClN2O2/c1-8-3-4-10(12)5-11(8)14-13-9(2)6-16-7-15/h3-5,7,9H,6H2,1-2H3/b14-13+. The van der Waals surface area contributed by atoms with Gasteiger partial charge in [0, 0.05) is 5.02 Å². The number of aryl methyl sites for hydroxylation is 1. The van der Waals surface area contributed by atoms with E-state index in [0.29, 0.717) is 11.5 Å². The van der Waals surface area contributed by atoms with Gasteiger partial charge in [-0.05, 0) is 31.5 Å². The van der Waals surface area contributed by atoms with E-state index in [1.807, 2.05) is 19.9 Å². The molecule has 0 amide bonds. The van der Waals surface area contributed by atoms with Gasteiger partial charge < -0.3 is 4.74 Å². The van der Waals surface area contributed by atoms with Crippen molar-refractivity contribution in [2.24, 2.45) is 10.2 Å². The van der Waals surface area contributed by atoms with Crippen LogP contribution in [0.4, 0.5) is 5.69 Å². The van der Waals surface area contributed by atoms with Gasteiger partial charge in [0.1, 0.15) is 12.6 Å². The third-order valence-corrected chi connectivity index (χ3v) is 2.17. The quantitative estimate of drug-likeness (QED) is 0.586. The summed E-state index contributed by atoms with van der Waals surface area (Å²) < 4.78 is 4.58. The Labute approximate surface area is 99.3 Å². The van der Waals surface area contributed by atoms with Crippen LogP contribution >= 0.6 is 11.6 Å². The van der Waals surface area contributed by atoms with Crippen LogP contribution in [0.2, 0.25) is 5.02 Å². The van der Waals surface area contributed by atoms with Gasteiger partial charge >= 0.3 is 0 Å². The average molecular weight is 241 g/mol. The molecule has 0 N–H and O–H groups in total. The van der Waals surface area contributed by atoms with Gasteiger partial charge in [-0.1, -0.05) is 17.7 Å². The molecule has 1 aromatic carbocycles. The van der Waals surface area contributed by atoms with Crippen LogP contribution in [-0.2, 0) is 9.53 Å². The van der Waals surface area contributed by atoms with E-state index in [9.17, 15) is 4.79 Å². The number of hydrogen-bond acceptors (Lipinski definition) is 4. The van der Waals surface area contributed by atoms with Crippen LogP contribution in [0.1, 0.15) is 12.5 Å². The minimum absolute atomic E-state index is 0.163. The van der Waals surface area contributed by atoms with Gasteiger partial charge in [0.2, 0.25) is 0 Å². The minimum atomic E-state index is -0.163. The lowest BCUT2D eigenvalue weighted by Gasteiger charge is -2.03. The Kier molecular flexibility index (Phi) is 4.92. The first kappa shape index (κ1) is 12.6. The Morgan fingerprint density at radius 3 is 3.00 bits per heavy atom. The predicted octanol–water partition coefficient (Wildman–Crippen LogP) is 3.29. The summed E-state index contributed by atoms with van der Waals surface area (Å²) in [6, 6.07) is 5.26. The highest BCUT2D eigenvalue weighted by molar-refractivity contribution is 6.30. The van der Waals surface area contributed by atoms with Gasteiger partial charge in [0.05, 0.1) is 5.69 Å². The zero-order chi connectivity index (χ0) is 12.0. The Morgan fingerprint density at radius 2 is 2.31 bits per heavy atom. The van der Waals surface area contributed by atoms with Crippen LogP contribution < -0.4 is 0 Å². The second kappa shape index (κ2) is 6.23. The summed E-state index contributed by atoms with van der Waals surface area (Å²) >= 11 is 5.84. The average Bonchev–Trinajstić information content (AvgIpc) is 2.27. The number of hydrogen-bond donors (Lipinski definition) is 0. The third kappa shape index (κ3) is 3.98. The molecule has 16 heavy (non-hydrogen) atoms. The first-order valence-corrected chi connectivity index (χ1v) is 5.23. The van der Waals surface area contributed by atoms with Crippen molar-refractivity contribution in [2.75, 3.05) is 6.61 Å². The van der Waals surface area contributed by atoms with E-state index in [1.54, 1.807) is 12.1 Å². The number of nitrogens with zero attached hydrogens (tertiary/aromatic N) is 2. The molecule has 5 heteroatoms. The van der Waals surface area contributed by atoms with Crippen LogP contribution in [0.15, 0.2) is 28.4 Å². The van der Waals surface area contributed by atoms with E-state index in [-0.39, 0.29) is 12.6 Å². The van der Waals surface area contributed by atoms with Crippen molar-refractivity contribution in [3.8, 4) is 0 Å². The van der Waals surface area contributed by atoms with Crippen molar-refractivity contribution >= 4 is 23.8 Å². The normalized spacial score (nSPS) is 12.7. The number of rotatable bonds is 5. The van der Waals surface area contributed by atoms with Crippen LogP contribution in [-0.4, -0.2) is 19.1 Å². The van der Waals surface area contributed by atoms with Gasteiger partial charge in [-0.3, -0.25) is 4.79 Å². The highest BCUT2D eigenvalue weighted by Gasteiger charge is 2.01. The molecule has 4 nitrogen and oxygen atoms in total. The molecule has 1 unspecified atom stereocenters. The number of ether oxygens (including phenoxy) is 1. The summed E-state index contributed by atoms with van der Waals surface area (Å²) in [5.74, 6) is 0. The lowest BCUT2D eigenvalue weighted by molar-refractivity contribution is -0.129. The zero-order valence-corrected chi connectivity index (χ0v) is 9.94. The summed E-state index contributed by atoms with van der Waals surface area (Å²) in [6.45, 7) is 4.37. The topological polar surface area (TPSA) is 51.0 Å². The second-order valence-electron chi connectivity index (χ2n) is 3.42. The maximum Gasteiger partial charge on any atom is 0.293 e. The number of benzene rings is 1. The van der Waals surface area contributed by atoms with Crippen molar-refractivity contribution in [1.29, 1.82) is 0 Å². The minimum Gasteiger partial charge on any atom is -0.466 e. The number of halogens is 1. The van der Waals surface area contributed by atoms with E-state index >= 15 is 0 Å². The molecule has 0 radical (unpaired) electrons. The fourth-order valence-electron chi connectivity index (χ4n) is 1.06. The summed E-state index contributed by atoms with van der Waals surface area (Å²) in [4.78, 5) is 9.97. The van der Waals surface area contributed by atoms with Gasteiger partial charge in [0.25, 0.3) is 6.47 Å². The van der Waals surface area contributed by atoms with Gasteiger partial charge in [-0.2, -0.15) is 10.2 Å². The third-order valence-electron chi connectivity index (χ3n) is 1.94. The molecule has 0 aliphatic rings. The van der Waals surface area contributed by atoms with Gasteiger partial charge in [0.15, 0.2) is 0 Å². The van der Waals surface area contributed by atoms with Crippen LogP contribution in [0.5, 0.6) is 0 Å². The number of carbonyl (C=O) groups excluding carboxylic acids is 1. The second-order valence-corrected chi connectivity index (χ2v) is 3.86. The predicted molar refractivity (Wildman–Crippen MR) is 62.2 cm³/mol. The first-order chi connectivity index (χ1) is 7.63. The van der Waals surface area contributed by atoms with Crippen molar-refractivity contribution in [3.05, 3.63) is 28.8 Å². The van der Waals surface area contributed by atoms with E-state index in [0.717, 1.165) is 11.3 Å². The Morgan fingerprint density at radius 1 is 1.56 bits per heavy atom. The molecular weight excluding hydrogens is 228 g/mol. The molecule has 0 aliphatic heterocycles. The fourth-order valence-corrected chi connectivity index (χ4v) is 1.23. The molecule has 0 aromatic heterocycles. The van der Waals surface area contributed by atoms with Gasteiger partial charge in [-0.15, -0.1) is 0 Å². The number of carbonyl (C=O) groups is 1. The molecule has 1 atom stereocenters. The van der Waals surface area contributed by atoms with Crippen LogP contribution in [0.3, 0.4) is 0 Å². The van der Waals surface area contributed by atoms with Crippen molar-refractivity contribution < 1.29 is 9.53 Å². The molecule has 86 valence electrons. The largest absolute Gasteiger partial charge is 0.466 e. The number of azo groups is 1. The molecule has 0 aliphatic carbocycles.